The maximum Gasteiger partial charge on any atom is 0.226 e. The van der Waals surface area contributed by atoms with Gasteiger partial charge in [-0.2, -0.15) is 9.78 Å². The molecule has 1 atom stereocenters. The second-order valence-electron chi connectivity index (χ2n) is 7.14. The van der Waals surface area contributed by atoms with Crippen molar-refractivity contribution in [2.75, 3.05) is 11.9 Å². The number of thiazole rings is 1. The van der Waals surface area contributed by atoms with Crippen LogP contribution in [-0.2, 0) is 4.79 Å². The molecule has 0 spiro atoms. The van der Waals surface area contributed by atoms with Crippen LogP contribution in [0.15, 0.2) is 42.5 Å². The van der Waals surface area contributed by atoms with Gasteiger partial charge in [0.2, 0.25) is 11.0 Å². The van der Waals surface area contributed by atoms with Gasteiger partial charge in [-0.25, -0.2) is 9.37 Å². The summed E-state index contributed by atoms with van der Waals surface area (Å²) in [6, 6.07) is 12.3. The highest BCUT2D eigenvalue weighted by molar-refractivity contribution is 7.20. The molecule has 0 aliphatic carbocycles. The van der Waals surface area contributed by atoms with E-state index < -0.39 is 0 Å². The lowest BCUT2D eigenvalue weighted by atomic mass is 9.85. The Morgan fingerprint density at radius 3 is 2.93 bits per heavy atom. The Balaban J connectivity index is 1.64. The molecule has 0 fully saturated rings. The van der Waals surface area contributed by atoms with E-state index in [1.54, 1.807) is 22.9 Å². The first-order chi connectivity index (χ1) is 14.5. The molecule has 0 bridgehead atoms. The number of benzene rings is 2. The summed E-state index contributed by atoms with van der Waals surface area (Å²) in [6.45, 7) is 4.41. The smallest absolute Gasteiger partial charge is 0.226 e. The van der Waals surface area contributed by atoms with Gasteiger partial charge in [-0.05, 0) is 43.7 Å². The fourth-order valence-corrected chi connectivity index (χ4v) is 4.90. The Labute approximate surface area is 176 Å². The summed E-state index contributed by atoms with van der Waals surface area (Å²) in [5.74, 6) is 0.464. The maximum atomic E-state index is 14.5. The van der Waals surface area contributed by atoms with Crippen LogP contribution in [0.3, 0.4) is 0 Å². The van der Waals surface area contributed by atoms with Crippen LogP contribution in [-0.4, -0.2) is 27.3 Å². The van der Waals surface area contributed by atoms with E-state index in [1.165, 1.54) is 17.4 Å². The summed E-state index contributed by atoms with van der Waals surface area (Å²) in [5, 5.41) is 8.21. The second kappa shape index (κ2) is 7.21. The zero-order chi connectivity index (χ0) is 20.8. The minimum absolute atomic E-state index is 0.170. The van der Waals surface area contributed by atoms with Crippen LogP contribution in [0.4, 0.5) is 10.2 Å². The van der Waals surface area contributed by atoms with Crippen molar-refractivity contribution < 1.29 is 13.9 Å². The van der Waals surface area contributed by atoms with E-state index >= 15 is 0 Å². The summed E-state index contributed by atoms with van der Waals surface area (Å²) in [7, 11) is 0. The van der Waals surface area contributed by atoms with E-state index in [4.69, 9.17) is 4.74 Å². The number of carbonyl (C=O) groups is 1. The van der Waals surface area contributed by atoms with Gasteiger partial charge in [0.15, 0.2) is 0 Å². The predicted molar refractivity (Wildman–Crippen MR) is 114 cm³/mol. The molecular weight excluding hydrogens is 403 g/mol. The number of fused-ring (bicyclic) bond motifs is 2. The fourth-order valence-electron chi connectivity index (χ4n) is 3.95. The molecule has 0 unspecified atom stereocenters. The minimum atomic E-state index is -0.386. The summed E-state index contributed by atoms with van der Waals surface area (Å²) in [6.07, 6.45) is 0.179. The van der Waals surface area contributed by atoms with Crippen molar-refractivity contribution >= 4 is 33.3 Å². The normalized spacial score (nSPS) is 15.8. The molecule has 6 nitrogen and oxygen atoms in total. The first-order valence-electron chi connectivity index (χ1n) is 9.72. The van der Waals surface area contributed by atoms with E-state index in [-0.39, 0.29) is 24.1 Å². The van der Waals surface area contributed by atoms with Crippen LogP contribution in [0.5, 0.6) is 5.75 Å². The van der Waals surface area contributed by atoms with Gasteiger partial charge in [-0.1, -0.05) is 29.5 Å². The number of anilines is 1. The lowest BCUT2D eigenvalue weighted by Crippen LogP contribution is -2.25. The zero-order valence-corrected chi connectivity index (χ0v) is 17.3. The quantitative estimate of drug-likeness (QED) is 0.513. The molecule has 1 N–H and O–H groups in total. The molecule has 5 rings (SSSR count). The Bertz CT molecular complexity index is 1280. The number of amides is 1. The van der Waals surface area contributed by atoms with Gasteiger partial charge >= 0.3 is 0 Å². The third kappa shape index (κ3) is 3.04. The number of carbonyl (C=O) groups excluding carboxylic acids is 1. The van der Waals surface area contributed by atoms with Gasteiger partial charge < -0.3 is 10.1 Å². The Morgan fingerprint density at radius 1 is 1.30 bits per heavy atom. The van der Waals surface area contributed by atoms with Gasteiger partial charge in [0.1, 0.15) is 17.4 Å². The molecule has 0 saturated carbocycles. The molecule has 2 aromatic heterocycles. The SMILES string of the molecule is CCOc1ccc2nc(-n3nc(C)c4c3NC(=O)C[C@H]4c3ccccc3F)sc2c1. The van der Waals surface area contributed by atoms with Crippen LogP contribution in [0.25, 0.3) is 15.3 Å². The number of rotatable bonds is 4. The molecule has 1 aliphatic heterocycles. The minimum Gasteiger partial charge on any atom is -0.494 e. The third-order valence-corrected chi connectivity index (χ3v) is 6.22. The Hall–Kier alpha value is -3.26. The molecule has 1 amide bonds. The van der Waals surface area contributed by atoms with E-state index in [0.717, 1.165) is 27.2 Å². The molecule has 2 aromatic carbocycles. The van der Waals surface area contributed by atoms with Gasteiger partial charge in [0.05, 0.1) is 22.5 Å². The molecule has 30 heavy (non-hydrogen) atoms. The van der Waals surface area contributed by atoms with Crippen LogP contribution >= 0.6 is 11.3 Å². The maximum absolute atomic E-state index is 14.5. The van der Waals surface area contributed by atoms with Crippen LogP contribution in [0.1, 0.15) is 36.1 Å². The molecule has 152 valence electrons. The number of aryl methyl sites for hydroxylation is 1. The Morgan fingerprint density at radius 2 is 2.13 bits per heavy atom. The summed E-state index contributed by atoms with van der Waals surface area (Å²) in [5.41, 5.74) is 2.90. The molecular formula is C22H19FN4O2S. The van der Waals surface area contributed by atoms with Gasteiger partial charge in [-0.15, -0.1) is 0 Å². The van der Waals surface area contributed by atoms with Crippen LogP contribution < -0.4 is 10.1 Å². The number of nitrogens with one attached hydrogen (secondary N) is 1. The van der Waals surface area contributed by atoms with E-state index in [0.29, 0.717) is 23.1 Å². The van der Waals surface area contributed by atoms with Gasteiger partial charge in [0, 0.05) is 17.9 Å². The Kier molecular flexibility index (Phi) is 4.51. The molecule has 3 heterocycles. The number of halogens is 1. The second-order valence-corrected chi connectivity index (χ2v) is 8.15. The van der Waals surface area contributed by atoms with Crippen molar-refractivity contribution in [1.29, 1.82) is 0 Å². The molecule has 0 radical (unpaired) electrons. The topological polar surface area (TPSA) is 69.0 Å². The van der Waals surface area contributed by atoms with Crippen molar-refractivity contribution in [2.24, 2.45) is 0 Å². The largest absolute Gasteiger partial charge is 0.494 e. The molecule has 8 heteroatoms. The third-order valence-electron chi connectivity index (χ3n) is 5.22. The van der Waals surface area contributed by atoms with Gasteiger partial charge in [-0.3, -0.25) is 4.79 Å². The summed E-state index contributed by atoms with van der Waals surface area (Å²) in [4.78, 5) is 17.2. The predicted octanol–water partition coefficient (Wildman–Crippen LogP) is 4.80. The summed E-state index contributed by atoms with van der Waals surface area (Å²) >= 11 is 1.46. The van der Waals surface area contributed by atoms with Crippen molar-refractivity contribution in [1.82, 2.24) is 14.8 Å². The average molecular weight is 422 g/mol. The standard InChI is InChI=1S/C22H19FN4O2S/c1-3-29-13-8-9-17-18(10-13)30-22(24-17)27-21-20(12(2)26-27)15(11-19(28)25-21)14-6-4-5-7-16(14)23/h4-10,15H,3,11H2,1-2H3,(H,25,28)/t15-/m0/s1. The lowest BCUT2D eigenvalue weighted by Gasteiger charge is -2.24. The summed E-state index contributed by atoms with van der Waals surface area (Å²) < 4.78 is 22.7. The number of hydrogen-bond donors (Lipinski definition) is 1. The lowest BCUT2D eigenvalue weighted by molar-refractivity contribution is -0.116. The molecule has 0 saturated heterocycles. The first kappa shape index (κ1) is 18.7. The zero-order valence-electron chi connectivity index (χ0n) is 16.5. The van der Waals surface area contributed by atoms with Crippen molar-refractivity contribution in [3.8, 4) is 10.9 Å². The van der Waals surface area contributed by atoms with Crippen LogP contribution in [0, 0.1) is 12.7 Å². The number of hydrogen-bond acceptors (Lipinski definition) is 5. The van der Waals surface area contributed by atoms with Gasteiger partial charge in [0.25, 0.3) is 0 Å². The van der Waals surface area contributed by atoms with Crippen LogP contribution in [0.2, 0.25) is 0 Å². The number of aromatic nitrogens is 3. The molecule has 4 aromatic rings. The van der Waals surface area contributed by atoms with Crippen molar-refractivity contribution in [2.45, 2.75) is 26.2 Å². The number of ether oxygens (including phenoxy) is 1. The highest BCUT2D eigenvalue weighted by Crippen LogP contribution is 2.41. The average Bonchev–Trinajstić information content (AvgIpc) is 3.28. The molecule has 1 aliphatic rings. The van der Waals surface area contributed by atoms with E-state index in [2.05, 4.69) is 15.4 Å². The highest BCUT2D eigenvalue weighted by atomic mass is 32.1. The van der Waals surface area contributed by atoms with Crippen molar-refractivity contribution in [3.05, 3.63) is 65.1 Å². The first-order valence-corrected chi connectivity index (χ1v) is 10.5. The van der Waals surface area contributed by atoms with E-state index in [1.807, 2.05) is 32.0 Å². The monoisotopic (exact) mass is 422 g/mol. The number of nitrogens with zero attached hydrogens (tertiary/aromatic N) is 3. The van der Waals surface area contributed by atoms with E-state index in [9.17, 15) is 9.18 Å². The highest BCUT2D eigenvalue weighted by Gasteiger charge is 2.34. The van der Waals surface area contributed by atoms with Crippen molar-refractivity contribution in [3.63, 3.8) is 0 Å². The fraction of sp³-hybridized carbons (Fsp3) is 0.227.